The minimum atomic E-state index is -0.378. The Morgan fingerprint density at radius 3 is 2.57 bits per heavy atom. The van der Waals surface area contributed by atoms with Gasteiger partial charge in [0.2, 0.25) is 0 Å². The summed E-state index contributed by atoms with van der Waals surface area (Å²) in [5.74, 6) is -0.378. The Labute approximate surface area is 129 Å². The molecule has 1 heterocycles. The van der Waals surface area contributed by atoms with E-state index in [-0.39, 0.29) is 12.0 Å². The maximum Gasteiger partial charge on any atom is 0.339 e. The number of carbonyl (C=O) groups is 1. The van der Waals surface area contributed by atoms with Crippen LogP contribution in [0.3, 0.4) is 0 Å². The second-order valence-corrected chi connectivity index (χ2v) is 5.12. The van der Waals surface area contributed by atoms with Crippen molar-refractivity contribution in [2.75, 3.05) is 7.11 Å². The smallest absolute Gasteiger partial charge is 0.339 e. The van der Waals surface area contributed by atoms with E-state index in [0.29, 0.717) is 12.1 Å². The van der Waals surface area contributed by atoms with Crippen LogP contribution in [0.4, 0.5) is 0 Å². The van der Waals surface area contributed by atoms with E-state index in [4.69, 9.17) is 11.6 Å². The van der Waals surface area contributed by atoms with Gasteiger partial charge in [0, 0.05) is 23.8 Å². The lowest BCUT2D eigenvalue weighted by atomic mass is 10.1. The van der Waals surface area contributed by atoms with E-state index in [1.165, 1.54) is 13.3 Å². The van der Waals surface area contributed by atoms with Crippen molar-refractivity contribution in [2.45, 2.75) is 19.5 Å². The van der Waals surface area contributed by atoms with Crippen LogP contribution in [0.2, 0.25) is 5.02 Å². The summed E-state index contributed by atoms with van der Waals surface area (Å²) in [7, 11) is 1.35. The molecule has 0 saturated heterocycles. The van der Waals surface area contributed by atoms with Crippen molar-refractivity contribution in [3.8, 4) is 0 Å². The van der Waals surface area contributed by atoms with Crippen LogP contribution < -0.4 is 5.32 Å². The number of nitrogens with zero attached hydrogens (tertiary/aromatic N) is 1. The molecule has 1 atom stereocenters. The van der Waals surface area contributed by atoms with Crippen molar-refractivity contribution >= 4 is 17.6 Å². The Hall–Kier alpha value is -1.91. The highest BCUT2D eigenvalue weighted by molar-refractivity contribution is 6.30. The summed E-state index contributed by atoms with van der Waals surface area (Å²) in [5, 5.41) is 4.10. The number of aromatic nitrogens is 1. The van der Waals surface area contributed by atoms with E-state index in [1.807, 2.05) is 30.3 Å². The van der Waals surface area contributed by atoms with Crippen LogP contribution in [0, 0.1) is 0 Å². The summed E-state index contributed by atoms with van der Waals surface area (Å²) in [5.41, 5.74) is 2.47. The van der Waals surface area contributed by atoms with Crippen LogP contribution in [0.25, 0.3) is 0 Å². The third-order valence-corrected chi connectivity index (χ3v) is 3.46. The normalized spacial score (nSPS) is 12.0. The third-order valence-electron chi connectivity index (χ3n) is 3.21. The Morgan fingerprint density at radius 2 is 2.00 bits per heavy atom. The van der Waals surface area contributed by atoms with Gasteiger partial charge in [0.05, 0.1) is 18.4 Å². The zero-order chi connectivity index (χ0) is 15.2. The first-order valence-electron chi connectivity index (χ1n) is 6.62. The first kappa shape index (κ1) is 15.5. The summed E-state index contributed by atoms with van der Waals surface area (Å²) in [6, 6.07) is 11.4. The Morgan fingerprint density at radius 1 is 1.29 bits per heavy atom. The second-order valence-electron chi connectivity index (χ2n) is 4.68. The average Bonchev–Trinajstić information content (AvgIpc) is 2.53. The van der Waals surface area contributed by atoms with Gasteiger partial charge in [0.15, 0.2) is 0 Å². The number of ether oxygens (including phenoxy) is 1. The van der Waals surface area contributed by atoms with Crippen LogP contribution in [0.15, 0.2) is 42.6 Å². The van der Waals surface area contributed by atoms with Crippen LogP contribution in [0.1, 0.15) is 34.6 Å². The van der Waals surface area contributed by atoms with Gasteiger partial charge >= 0.3 is 5.97 Å². The molecule has 2 aromatic rings. The molecule has 1 aromatic heterocycles. The minimum Gasteiger partial charge on any atom is -0.465 e. The molecule has 0 radical (unpaired) electrons. The fourth-order valence-corrected chi connectivity index (χ4v) is 2.02. The maximum absolute atomic E-state index is 11.3. The zero-order valence-corrected chi connectivity index (χ0v) is 12.7. The van der Waals surface area contributed by atoms with E-state index in [0.717, 1.165) is 16.3 Å². The molecule has 2 rings (SSSR count). The standard InChI is InChI=1S/C16H17ClN2O2/c1-11(12-3-6-14(17)7-4-12)18-10-15-8-5-13(9-19-15)16(20)21-2/h3-9,11,18H,10H2,1-2H3/t11-/m1/s1. The fourth-order valence-electron chi connectivity index (χ4n) is 1.89. The van der Waals surface area contributed by atoms with Gasteiger partial charge in [-0.1, -0.05) is 23.7 Å². The maximum atomic E-state index is 11.3. The number of esters is 1. The van der Waals surface area contributed by atoms with E-state index in [1.54, 1.807) is 6.07 Å². The van der Waals surface area contributed by atoms with E-state index < -0.39 is 0 Å². The van der Waals surface area contributed by atoms with E-state index in [2.05, 4.69) is 22.0 Å². The number of hydrogen-bond donors (Lipinski definition) is 1. The molecule has 1 aromatic carbocycles. The molecule has 1 N–H and O–H groups in total. The molecule has 0 aliphatic rings. The number of carbonyl (C=O) groups excluding carboxylic acids is 1. The highest BCUT2D eigenvalue weighted by Gasteiger charge is 2.07. The number of halogens is 1. The fraction of sp³-hybridized carbons (Fsp3) is 0.250. The molecule has 0 bridgehead atoms. The van der Waals surface area contributed by atoms with E-state index >= 15 is 0 Å². The number of nitrogens with one attached hydrogen (secondary N) is 1. The van der Waals surface area contributed by atoms with Crippen molar-refractivity contribution in [3.63, 3.8) is 0 Å². The molecule has 0 unspecified atom stereocenters. The van der Waals surface area contributed by atoms with Gasteiger partial charge in [0.1, 0.15) is 0 Å². The molecule has 0 fully saturated rings. The van der Waals surface area contributed by atoms with Gasteiger partial charge in [-0.05, 0) is 36.8 Å². The molecule has 4 nitrogen and oxygen atoms in total. The molecule has 110 valence electrons. The Balaban J connectivity index is 1.93. The predicted octanol–water partition coefficient (Wildman–Crippen LogP) is 3.37. The quantitative estimate of drug-likeness (QED) is 0.861. The molecule has 0 amide bonds. The van der Waals surface area contributed by atoms with Crippen molar-refractivity contribution < 1.29 is 9.53 Å². The van der Waals surface area contributed by atoms with Gasteiger partial charge in [-0.3, -0.25) is 4.98 Å². The monoisotopic (exact) mass is 304 g/mol. The number of methoxy groups -OCH3 is 1. The minimum absolute atomic E-state index is 0.185. The number of rotatable bonds is 5. The molecular weight excluding hydrogens is 288 g/mol. The lowest BCUT2D eigenvalue weighted by Gasteiger charge is -2.14. The molecule has 0 saturated carbocycles. The van der Waals surface area contributed by atoms with Gasteiger partial charge in [-0.2, -0.15) is 0 Å². The van der Waals surface area contributed by atoms with Gasteiger partial charge in [-0.15, -0.1) is 0 Å². The van der Waals surface area contributed by atoms with Crippen LogP contribution in [-0.4, -0.2) is 18.1 Å². The van der Waals surface area contributed by atoms with Gasteiger partial charge < -0.3 is 10.1 Å². The highest BCUT2D eigenvalue weighted by Crippen LogP contribution is 2.16. The first-order valence-corrected chi connectivity index (χ1v) is 7.00. The molecule has 5 heteroatoms. The van der Waals surface area contributed by atoms with E-state index in [9.17, 15) is 4.79 Å². The molecular formula is C16H17ClN2O2. The Bertz CT molecular complexity index is 597. The lowest BCUT2D eigenvalue weighted by Crippen LogP contribution is -2.18. The Kier molecular flexibility index (Phi) is 5.31. The van der Waals surface area contributed by atoms with Crippen LogP contribution in [-0.2, 0) is 11.3 Å². The number of hydrogen-bond acceptors (Lipinski definition) is 4. The van der Waals surface area contributed by atoms with Gasteiger partial charge in [-0.25, -0.2) is 4.79 Å². The van der Waals surface area contributed by atoms with Crippen molar-refractivity contribution in [2.24, 2.45) is 0 Å². The average molecular weight is 305 g/mol. The highest BCUT2D eigenvalue weighted by atomic mass is 35.5. The summed E-state index contributed by atoms with van der Waals surface area (Å²) < 4.78 is 4.64. The second kappa shape index (κ2) is 7.20. The zero-order valence-electron chi connectivity index (χ0n) is 12.0. The largest absolute Gasteiger partial charge is 0.465 e. The summed E-state index contributed by atoms with van der Waals surface area (Å²) >= 11 is 5.87. The number of benzene rings is 1. The van der Waals surface area contributed by atoms with Gasteiger partial charge in [0.25, 0.3) is 0 Å². The van der Waals surface area contributed by atoms with Crippen LogP contribution in [0.5, 0.6) is 0 Å². The summed E-state index contributed by atoms with van der Waals surface area (Å²) in [4.78, 5) is 15.6. The lowest BCUT2D eigenvalue weighted by molar-refractivity contribution is 0.0600. The molecule has 0 spiro atoms. The molecule has 21 heavy (non-hydrogen) atoms. The molecule has 0 aliphatic heterocycles. The summed E-state index contributed by atoms with van der Waals surface area (Å²) in [6.07, 6.45) is 1.52. The van der Waals surface area contributed by atoms with Crippen LogP contribution >= 0.6 is 11.6 Å². The van der Waals surface area contributed by atoms with Crippen molar-refractivity contribution in [3.05, 3.63) is 64.4 Å². The summed E-state index contributed by atoms with van der Waals surface area (Å²) in [6.45, 7) is 2.69. The third kappa shape index (κ3) is 4.28. The SMILES string of the molecule is COC(=O)c1ccc(CN[C@H](C)c2ccc(Cl)cc2)nc1. The topological polar surface area (TPSA) is 51.2 Å². The molecule has 0 aliphatic carbocycles. The number of pyridine rings is 1. The predicted molar refractivity (Wildman–Crippen MR) is 82.3 cm³/mol. The van der Waals surface area contributed by atoms with Crippen molar-refractivity contribution in [1.29, 1.82) is 0 Å². The van der Waals surface area contributed by atoms with Crippen molar-refractivity contribution in [1.82, 2.24) is 10.3 Å². The first-order chi connectivity index (χ1) is 10.1.